The first-order chi connectivity index (χ1) is 29.8. The van der Waals surface area contributed by atoms with E-state index in [1.807, 2.05) is 15.9 Å². The number of likely N-dealkylation sites (tertiary alicyclic amines) is 1. The van der Waals surface area contributed by atoms with Crippen molar-refractivity contribution in [3.05, 3.63) is 70.7 Å². The van der Waals surface area contributed by atoms with E-state index in [1.54, 1.807) is 47.2 Å². The zero-order valence-electron chi connectivity index (χ0n) is 35.0. The second-order valence-electron chi connectivity index (χ2n) is 16.3. The van der Waals surface area contributed by atoms with Crippen molar-refractivity contribution in [1.29, 1.82) is 5.53 Å². The molecule has 0 radical (unpaired) electrons. The van der Waals surface area contributed by atoms with E-state index < -0.39 is 36.4 Å². The van der Waals surface area contributed by atoms with Gasteiger partial charge in [-0.1, -0.05) is 6.07 Å². The Morgan fingerprint density at radius 1 is 1.03 bits per heavy atom. The lowest BCUT2D eigenvalue weighted by molar-refractivity contribution is -0.135. The van der Waals surface area contributed by atoms with Gasteiger partial charge in [-0.05, 0) is 73.9 Å². The summed E-state index contributed by atoms with van der Waals surface area (Å²) < 4.78 is 30.6. The third-order valence-electron chi connectivity index (χ3n) is 12.2. The number of benzene rings is 2. The Labute approximate surface area is 358 Å². The predicted octanol–water partition coefficient (Wildman–Crippen LogP) is 4.24. The van der Waals surface area contributed by atoms with E-state index in [0.717, 1.165) is 29.7 Å². The molecule has 2 aromatic carbocycles. The van der Waals surface area contributed by atoms with Crippen LogP contribution in [0.4, 0.5) is 25.8 Å². The zero-order chi connectivity index (χ0) is 44.1. The quantitative estimate of drug-likeness (QED) is 0.0725. The number of amides is 5. The molecule has 7 rings (SSSR count). The molecule has 19 heteroatoms. The van der Waals surface area contributed by atoms with Gasteiger partial charge in [0.05, 0.1) is 17.4 Å². The molecule has 2 fully saturated rings. The highest BCUT2D eigenvalue weighted by atomic mass is 19.3. The number of unbranched alkanes of at least 4 members (excludes halogenated alkanes) is 1. The smallest absolute Gasteiger partial charge is 0.264 e. The monoisotopic (exact) mass is 856 g/mol. The number of piperidine rings is 2. The third-order valence-corrected chi connectivity index (χ3v) is 12.2. The van der Waals surface area contributed by atoms with Crippen molar-refractivity contribution in [3.8, 4) is 11.1 Å². The SMILES string of the molecule is CC(=O)N1CCC(NC2CCN(C(=O)CCCCNc3cccc(N=N)c3C(=O)NC3CCC(=O)NC3=O)CC2)=C(C(N)N2CCc3cc(-c4cnn(C)c4)c(C(F)F)cc32)C1. The fraction of sp³-hybridized carbons (Fsp3) is 0.488. The van der Waals surface area contributed by atoms with Crippen LogP contribution in [-0.4, -0.2) is 107 Å². The molecule has 0 spiro atoms. The first kappa shape index (κ1) is 43.8. The summed E-state index contributed by atoms with van der Waals surface area (Å²) >= 11 is 0. The fourth-order valence-electron chi connectivity index (χ4n) is 8.82. The largest absolute Gasteiger partial charge is 0.385 e. The van der Waals surface area contributed by atoms with E-state index >= 15 is 0 Å². The lowest BCUT2D eigenvalue weighted by Gasteiger charge is -2.39. The van der Waals surface area contributed by atoms with Crippen molar-refractivity contribution in [1.82, 2.24) is 35.5 Å². The number of nitrogens with one attached hydrogen (secondary N) is 5. The fourth-order valence-corrected chi connectivity index (χ4v) is 8.82. The van der Waals surface area contributed by atoms with Crippen LogP contribution < -0.4 is 31.9 Å². The predicted molar refractivity (Wildman–Crippen MR) is 226 cm³/mol. The Balaban J connectivity index is 0.926. The number of carbonyl (C=O) groups is 5. The molecular formula is C43H54F2N12O5. The summed E-state index contributed by atoms with van der Waals surface area (Å²) in [5, 5.41) is 19.5. The number of hydrogen-bond donors (Lipinski definition) is 6. The van der Waals surface area contributed by atoms with Crippen molar-refractivity contribution >= 4 is 46.6 Å². The summed E-state index contributed by atoms with van der Waals surface area (Å²) in [5.41, 5.74) is 19.7. The van der Waals surface area contributed by atoms with E-state index in [-0.39, 0.29) is 47.5 Å². The lowest BCUT2D eigenvalue weighted by atomic mass is 9.97. The number of fused-ring (bicyclic) bond motifs is 1. The molecule has 7 N–H and O–H groups in total. The highest BCUT2D eigenvalue weighted by molar-refractivity contribution is 6.08. The van der Waals surface area contributed by atoms with Crippen LogP contribution in [0.3, 0.4) is 0 Å². The molecule has 0 aliphatic carbocycles. The van der Waals surface area contributed by atoms with Crippen LogP contribution in [0.25, 0.3) is 11.1 Å². The topological polar surface area (TPSA) is 223 Å². The Morgan fingerprint density at radius 3 is 2.52 bits per heavy atom. The van der Waals surface area contributed by atoms with Gasteiger partial charge in [-0.3, -0.25) is 34.0 Å². The maximum Gasteiger partial charge on any atom is 0.264 e. The summed E-state index contributed by atoms with van der Waals surface area (Å²) in [6.45, 7) is 4.54. The molecule has 2 saturated heterocycles. The molecule has 62 heavy (non-hydrogen) atoms. The molecule has 0 bridgehead atoms. The number of nitrogens with zero attached hydrogens (tertiary/aromatic N) is 6. The van der Waals surface area contributed by atoms with Gasteiger partial charge in [-0.2, -0.15) is 10.2 Å². The van der Waals surface area contributed by atoms with Gasteiger partial charge in [-0.25, -0.2) is 14.3 Å². The van der Waals surface area contributed by atoms with E-state index in [4.69, 9.17) is 11.3 Å². The molecule has 4 aliphatic rings. The van der Waals surface area contributed by atoms with Crippen molar-refractivity contribution in [3.63, 3.8) is 0 Å². The standard InChI is InChI=1S/C43H54F2N12O5/c1-25(58)56-18-14-32(31(24-56)41(46)57-19-11-26-20-29(27-22-49-54(2)23-27)30(40(44)45)21-36(26)57)50-28-12-16-55(17-13-28)38(60)8-3-4-15-48-33-6-5-7-34(53-47)39(33)43(62)51-35-9-10-37(59)52-42(35)61/h5-7,20-23,28,35,40-41,47-48,50H,3-4,8-19,24,46H2,1-2H3,(H,51,62)(H,52,59,61). The average Bonchev–Trinajstić information content (AvgIpc) is 3.89. The normalized spacial score (nSPS) is 18.7. The molecule has 1 aromatic heterocycles. The Kier molecular flexibility index (Phi) is 13.6. The molecule has 17 nitrogen and oxygen atoms in total. The molecule has 2 atom stereocenters. The van der Waals surface area contributed by atoms with Crippen LogP contribution in [0.2, 0.25) is 0 Å². The molecule has 2 unspecified atom stereocenters. The van der Waals surface area contributed by atoms with E-state index in [9.17, 15) is 32.8 Å². The van der Waals surface area contributed by atoms with Crippen LogP contribution in [0.15, 0.2) is 59.1 Å². The zero-order valence-corrected chi connectivity index (χ0v) is 35.0. The first-order valence-corrected chi connectivity index (χ1v) is 21.2. The number of imide groups is 1. The first-order valence-electron chi connectivity index (χ1n) is 21.2. The molecular weight excluding hydrogens is 803 g/mol. The summed E-state index contributed by atoms with van der Waals surface area (Å²) in [6.07, 6.45) is 4.50. The van der Waals surface area contributed by atoms with E-state index in [0.29, 0.717) is 93.9 Å². The van der Waals surface area contributed by atoms with Crippen LogP contribution >= 0.6 is 0 Å². The van der Waals surface area contributed by atoms with Gasteiger partial charge in [-0.15, -0.1) is 0 Å². The van der Waals surface area contributed by atoms with Gasteiger partial charge < -0.3 is 36.4 Å². The second kappa shape index (κ2) is 19.2. The van der Waals surface area contributed by atoms with Crippen LogP contribution in [0, 0.1) is 5.53 Å². The van der Waals surface area contributed by atoms with Gasteiger partial charge in [0, 0.05) is 119 Å². The maximum atomic E-state index is 14.5. The van der Waals surface area contributed by atoms with Gasteiger partial charge in [0.25, 0.3) is 12.3 Å². The van der Waals surface area contributed by atoms with Crippen LogP contribution in [0.1, 0.15) is 86.2 Å². The number of anilines is 2. The highest BCUT2D eigenvalue weighted by Crippen LogP contribution is 2.41. The van der Waals surface area contributed by atoms with Gasteiger partial charge in [0.1, 0.15) is 12.2 Å². The minimum absolute atomic E-state index is 0.0574. The number of nitrogens with two attached hydrogens (primary N) is 1. The number of hydrogen-bond acceptors (Lipinski definition) is 12. The van der Waals surface area contributed by atoms with Gasteiger partial charge >= 0.3 is 0 Å². The van der Waals surface area contributed by atoms with Crippen molar-refractivity contribution in [2.75, 3.05) is 49.5 Å². The second-order valence-corrected chi connectivity index (χ2v) is 16.3. The Hall–Kier alpha value is -6.24. The average molecular weight is 857 g/mol. The van der Waals surface area contributed by atoms with Crippen molar-refractivity contribution in [2.45, 2.75) is 89.4 Å². The minimum Gasteiger partial charge on any atom is -0.385 e. The van der Waals surface area contributed by atoms with E-state index in [2.05, 4.69) is 31.5 Å². The molecule has 4 aliphatic heterocycles. The Bertz CT molecular complexity index is 2250. The van der Waals surface area contributed by atoms with Gasteiger partial charge in [0.2, 0.25) is 23.6 Å². The van der Waals surface area contributed by atoms with Crippen molar-refractivity contribution in [2.24, 2.45) is 17.9 Å². The third kappa shape index (κ3) is 9.77. The molecule has 330 valence electrons. The summed E-state index contributed by atoms with van der Waals surface area (Å²) in [7, 11) is 1.75. The Morgan fingerprint density at radius 2 is 1.82 bits per heavy atom. The lowest BCUT2D eigenvalue weighted by Crippen LogP contribution is -2.52. The highest BCUT2D eigenvalue weighted by Gasteiger charge is 2.35. The van der Waals surface area contributed by atoms with Crippen LogP contribution in [-0.2, 0) is 32.6 Å². The minimum atomic E-state index is -2.70. The number of alkyl halides is 2. The van der Waals surface area contributed by atoms with Crippen molar-refractivity contribution < 1.29 is 32.8 Å². The van der Waals surface area contributed by atoms with E-state index in [1.165, 1.54) is 13.0 Å². The molecule has 5 amide bonds. The number of halogens is 2. The number of rotatable bonds is 15. The number of aromatic nitrogens is 2. The molecule has 0 saturated carbocycles. The maximum absolute atomic E-state index is 14.5. The molecule has 3 aromatic rings. The summed E-state index contributed by atoms with van der Waals surface area (Å²) in [4.78, 5) is 68.4. The number of aryl methyl sites for hydroxylation is 1. The van der Waals surface area contributed by atoms with Crippen LogP contribution in [0.5, 0.6) is 0 Å². The molecule has 5 heterocycles. The number of carbonyl (C=O) groups excluding carboxylic acids is 5. The summed E-state index contributed by atoms with van der Waals surface area (Å²) in [5.74, 6) is -1.56. The summed E-state index contributed by atoms with van der Waals surface area (Å²) in [6, 6.07) is 7.46. The van der Waals surface area contributed by atoms with Gasteiger partial charge in [0.15, 0.2) is 0 Å².